The van der Waals surface area contributed by atoms with Crippen LogP contribution >= 0.6 is 0 Å². The molecule has 1 N–H and O–H groups in total. The number of carboxylic acids is 1. The molecule has 10 heteroatoms. The van der Waals surface area contributed by atoms with E-state index in [4.69, 9.17) is 5.11 Å². The monoisotopic (exact) mass is 378 g/mol. The molecule has 1 aromatic heterocycles. The summed E-state index contributed by atoms with van der Waals surface area (Å²) in [6.07, 6.45) is -2.41. The molecule has 1 amide bonds. The molecule has 2 atom stereocenters. The van der Waals surface area contributed by atoms with Crippen LogP contribution in [0.5, 0.6) is 5.88 Å². The lowest BCUT2D eigenvalue weighted by atomic mass is 9.87. The van der Waals surface area contributed by atoms with Gasteiger partial charge in [-0.05, 0) is 18.4 Å². The van der Waals surface area contributed by atoms with Gasteiger partial charge in [-0.3, -0.25) is 9.59 Å². The Labute approximate surface area is 146 Å². The number of carbonyl (C=O) groups is 2. The van der Waals surface area contributed by atoms with E-state index in [0.29, 0.717) is 6.42 Å². The van der Waals surface area contributed by atoms with Gasteiger partial charge in [-0.15, -0.1) is 0 Å². The van der Waals surface area contributed by atoms with Gasteiger partial charge in [-0.25, -0.2) is 13.8 Å². The van der Waals surface area contributed by atoms with Crippen molar-refractivity contribution in [1.82, 2.24) is 9.88 Å². The average Bonchev–Trinajstić information content (AvgIpc) is 2.59. The number of amides is 1. The Morgan fingerprint density at radius 2 is 2.12 bits per heavy atom. The Balaban J connectivity index is 1.96. The molecule has 0 spiro atoms. The molecule has 0 aliphatic carbocycles. The quantitative estimate of drug-likeness (QED) is 0.770. The topological polar surface area (TPSA) is 79.7 Å². The highest BCUT2D eigenvalue weighted by atomic mass is 19.3. The maximum absolute atomic E-state index is 12.8. The smallest absolute Gasteiger partial charge is 0.340 e. The fraction of sp³-hybridized carbons (Fsp3) is 0.562. The highest BCUT2D eigenvalue weighted by Gasteiger charge is 2.42. The fourth-order valence-electron chi connectivity index (χ4n) is 2.70. The molecule has 2 rings (SSSR count). The SMILES string of the molecule is CC1CN(C(=O)c2ccc(OCC(F)(F)C(F)F)nc2)CCC1C(=O)O. The average molecular weight is 378 g/mol. The molecule has 1 aliphatic rings. The maximum Gasteiger partial charge on any atom is 0.340 e. The number of carbonyl (C=O) groups excluding carboxylic acids is 1. The highest BCUT2D eigenvalue weighted by molar-refractivity contribution is 5.94. The van der Waals surface area contributed by atoms with E-state index >= 15 is 0 Å². The first-order chi connectivity index (χ1) is 12.1. The van der Waals surface area contributed by atoms with Crippen LogP contribution < -0.4 is 4.74 Å². The molecule has 144 valence electrons. The van der Waals surface area contributed by atoms with E-state index in [1.807, 2.05) is 0 Å². The van der Waals surface area contributed by atoms with E-state index in [0.717, 1.165) is 12.3 Å². The molecule has 1 saturated heterocycles. The first-order valence-corrected chi connectivity index (χ1v) is 7.88. The van der Waals surface area contributed by atoms with Crippen LogP contribution in [0.4, 0.5) is 17.6 Å². The predicted molar refractivity (Wildman–Crippen MR) is 81.5 cm³/mol. The van der Waals surface area contributed by atoms with Gasteiger partial charge in [0.1, 0.15) is 0 Å². The van der Waals surface area contributed by atoms with E-state index in [9.17, 15) is 27.2 Å². The number of halogens is 4. The van der Waals surface area contributed by atoms with Gasteiger partial charge in [-0.1, -0.05) is 6.92 Å². The van der Waals surface area contributed by atoms with E-state index in [1.165, 1.54) is 11.0 Å². The first-order valence-electron chi connectivity index (χ1n) is 7.88. The molecular formula is C16H18F4N2O4. The Hall–Kier alpha value is -2.39. The number of ether oxygens (including phenoxy) is 1. The number of aromatic nitrogens is 1. The lowest BCUT2D eigenvalue weighted by Gasteiger charge is -2.34. The predicted octanol–water partition coefficient (Wildman–Crippen LogP) is 2.54. The molecule has 6 nitrogen and oxygen atoms in total. The van der Waals surface area contributed by atoms with E-state index in [2.05, 4.69) is 9.72 Å². The summed E-state index contributed by atoms with van der Waals surface area (Å²) in [6, 6.07) is 2.43. The molecule has 0 bridgehead atoms. The molecule has 1 aromatic rings. The molecule has 2 heterocycles. The molecular weight excluding hydrogens is 360 g/mol. The molecule has 2 unspecified atom stereocenters. The molecule has 0 saturated carbocycles. The van der Waals surface area contributed by atoms with Gasteiger partial charge in [0.2, 0.25) is 5.88 Å². The van der Waals surface area contributed by atoms with Crippen molar-refractivity contribution in [3.63, 3.8) is 0 Å². The van der Waals surface area contributed by atoms with E-state index in [1.54, 1.807) is 6.92 Å². The first kappa shape index (κ1) is 19.9. The Morgan fingerprint density at radius 3 is 2.62 bits per heavy atom. The van der Waals surface area contributed by atoms with Crippen molar-refractivity contribution in [3.8, 4) is 5.88 Å². The molecule has 26 heavy (non-hydrogen) atoms. The van der Waals surface area contributed by atoms with Crippen molar-refractivity contribution in [3.05, 3.63) is 23.9 Å². The number of hydrogen-bond donors (Lipinski definition) is 1. The number of pyridine rings is 1. The largest absolute Gasteiger partial charge is 0.481 e. The van der Waals surface area contributed by atoms with Crippen molar-refractivity contribution in [2.75, 3.05) is 19.7 Å². The second kappa shape index (κ2) is 7.88. The minimum absolute atomic E-state index is 0.166. The summed E-state index contributed by atoms with van der Waals surface area (Å²) >= 11 is 0. The van der Waals surface area contributed by atoms with Crippen molar-refractivity contribution in [2.24, 2.45) is 11.8 Å². The second-order valence-corrected chi connectivity index (χ2v) is 6.20. The van der Waals surface area contributed by atoms with Gasteiger partial charge >= 0.3 is 18.3 Å². The lowest BCUT2D eigenvalue weighted by molar-refractivity contribution is -0.148. The molecule has 1 aliphatic heterocycles. The molecule has 0 radical (unpaired) electrons. The number of carboxylic acid groups (broad SMARTS) is 1. The number of rotatable bonds is 6. The highest BCUT2D eigenvalue weighted by Crippen LogP contribution is 2.26. The van der Waals surface area contributed by atoms with Crippen LogP contribution in [0.15, 0.2) is 18.3 Å². The van der Waals surface area contributed by atoms with Crippen LogP contribution in [0.3, 0.4) is 0 Å². The van der Waals surface area contributed by atoms with E-state index in [-0.39, 0.29) is 36.4 Å². The van der Waals surface area contributed by atoms with Gasteiger partial charge in [-0.2, -0.15) is 8.78 Å². The number of alkyl halides is 4. The molecule has 1 fully saturated rings. The van der Waals surface area contributed by atoms with E-state index < -0.39 is 30.8 Å². The zero-order valence-corrected chi connectivity index (χ0v) is 13.9. The van der Waals surface area contributed by atoms with Crippen molar-refractivity contribution in [1.29, 1.82) is 0 Å². The van der Waals surface area contributed by atoms with Crippen LogP contribution in [0.25, 0.3) is 0 Å². The number of likely N-dealkylation sites (tertiary alicyclic amines) is 1. The standard InChI is InChI=1S/C16H18F4N2O4/c1-9-7-22(5-4-11(9)14(24)25)13(23)10-2-3-12(21-6-10)26-8-16(19,20)15(17)18/h2-3,6,9,11,15H,4-5,7-8H2,1H3,(H,24,25). The number of piperidine rings is 1. The van der Waals surface area contributed by atoms with Crippen LogP contribution in [0.1, 0.15) is 23.7 Å². The van der Waals surface area contributed by atoms with Crippen LogP contribution in [-0.4, -0.2) is 58.9 Å². The minimum Gasteiger partial charge on any atom is -0.481 e. The Morgan fingerprint density at radius 1 is 1.42 bits per heavy atom. The van der Waals surface area contributed by atoms with Crippen molar-refractivity contribution in [2.45, 2.75) is 25.7 Å². The maximum atomic E-state index is 12.8. The Bertz CT molecular complexity index is 654. The summed E-state index contributed by atoms with van der Waals surface area (Å²) in [4.78, 5) is 28.7. The zero-order valence-electron chi connectivity index (χ0n) is 13.9. The van der Waals surface area contributed by atoms with Crippen LogP contribution in [-0.2, 0) is 4.79 Å². The third-order valence-electron chi connectivity index (χ3n) is 4.22. The normalized spacial score (nSPS) is 20.9. The molecule has 0 aromatic carbocycles. The van der Waals surface area contributed by atoms with Gasteiger partial charge in [0.25, 0.3) is 5.91 Å². The zero-order chi connectivity index (χ0) is 19.5. The summed E-state index contributed by atoms with van der Waals surface area (Å²) in [6.45, 7) is 0.773. The second-order valence-electron chi connectivity index (χ2n) is 6.20. The summed E-state index contributed by atoms with van der Waals surface area (Å²) in [5.74, 6) is -6.59. The lowest BCUT2D eigenvalue weighted by Crippen LogP contribution is -2.45. The summed E-state index contributed by atoms with van der Waals surface area (Å²) in [5, 5.41) is 9.10. The van der Waals surface area contributed by atoms with Gasteiger partial charge < -0.3 is 14.7 Å². The Kier molecular flexibility index (Phi) is 6.04. The van der Waals surface area contributed by atoms with Gasteiger partial charge in [0, 0.05) is 25.4 Å². The minimum atomic E-state index is -4.29. The van der Waals surface area contributed by atoms with Crippen molar-refractivity contribution < 1.29 is 37.0 Å². The van der Waals surface area contributed by atoms with Crippen molar-refractivity contribution >= 4 is 11.9 Å². The number of aliphatic carboxylic acids is 1. The van der Waals surface area contributed by atoms with Crippen LogP contribution in [0.2, 0.25) is 0 Å². The summed E-state index contributed by atoms with van der Waals surface area (Å²) < 4.78 is 54.3. The summed E-state index contributed by atoms with van der Waals surface area (Å²) in [7, 11) is 0. The van der Waals surface area contributed by atoms with Crippen LogP contribution in [0, 0.1) is 11.8 Å². The van der Waals surface area contributed by atoms with Gasteiger partial charge in [0.05, 0.1) is 11.5 Å². The fourth-order valence-corrected chi connectivity index (χ4v) is 2.70. The third-order valence-corrected chi connectivity index (χ3v) is 4.22. The van der Waals surface area contributed by atoms with Gasteiger partial charge in [0.15, 0.2) is 6.61 Å². The summed E-state index contributed by atoms with van der Waals surface area (Å²) in [5.41, 5.74) is 0.166. The number of hydrogen-bond acceptors (Lipinski definition) is 4. The third kappa shape index (κ3) is 4.61. The number of nitrogens with zero attached hydrogens (tertiary/aromatic N) is 2.